The van der Waals surface area contributed by atoms with Gasteiger partial charge in [0, 0.05) is 12.5 Å². The summed E-state index contributed by atoms with van der Waals surface area (Å²) < 4.78 is 5.27. The predicted octanol–water partition coefficient (Wildman–Crippen LogP) is 1.05. The standard InChI is InChI=1S/C22H30N4O4/c1-14(2)10-17(23)19-25-13-22(26-19,11-16-8-9-24-20(16)28)18(27)12-30-21(29)15-6-4-3-5-7-15/h3-7,14,16-17H,8-13,23H2,1-2H3,(H,24,28)(H,25,26)/t16-,17-,22-/m0/s1. The van der Waals surface area contributed by atoms with Gasteiger partial charge in [0.25, 0.3) is 0 Å². The molecule has 0 radical (unpaired) electrons. The topological polar surface area (TPSA) is 123 Å². The van der Waals surface area contributed by atoms with Gasteiger partial charge in [0.05, 0.1) is 18.2 Å². The minimum atomic E-state index is -1.09. The third-order valence-corrected chi connectivity index (χ3v) is 5.60. The summed E-state index contributed by atoms with van der Waals surface area (Å²) in [5.41, 5.74) is 5.55. The molecule has 1 amide bonds. The quantitative estimate of drug-likeness (QED) is 0.519. The first kappa shape index (κ1) is 22.0. The van der Waals surface area contributed by atoms with Crippen molar-refractivity contribution in [1.82, 2.24) is 10.6 Å². The Kier molecular flexibility index (Phi) is 6.87. The molecular weight excluding hydrogens is 384 g/mol. The van der Waals surface area contributed by atoms with Gasteiger partial charge in [-0.25, -0.2) is 4.79 Å². The summed E-state index contributed by atoms with van der Waals surface area (Å²) in [6.07, 6.45) is 1.68. The molecule has 3 rings (SSSR count). The summed E-state index contributed by atoms with van der Waals surface area (Å²) in [6.45, 7) is 4.52. The van der Waals surface area contributed by atoms with Gasteiger partial charge in [-0.2, -0.15) is 0 Å². The average Bonchev–Trinajstić information content (AvgIpc) is 3.34. The Balaban J connectivity index is 1.70. The molecule has 0 saturated carbocycles. The monoisotopic (exact) mass is 414 g/mol. The molecule has 3 atom stereocenters. The van der Waals surface area contributed by atoms with Gasteiger partial charge in [0.15, 0.2) is 12.4 Å². The van der Waals surface area contributed by atoms with E-state index in [0.717, 1.165) is 6.42 Å². The highest BCUT2D eigenvalue weighted by Crippen LogP contribution is 2.28. The summed E-state index contributed by atoms with van der Waals surface area (Å²) in [4.78, 5) is 42.1. The van der Waals surface area contributed by atoms with E-state index in [2.05, 4.69) is 29.5 Å². The zero-order valence-corrected chi connectivity index (χ0v) is 17.5. The van der Waals surface area contributed by atoms with E-state index in [0.29, 0.717) is 36.7 Å². The first-order valence-electron chi connectivity index (χ1n) is 10.4. The molecule has 0 bridgehead atoms. The zero-order valence-electron chi connectivity index (χ0n) is 17.5. The van der Waals surface area contributed by atoms with Crippen molar-refractivity contribution in [3.8, 4) is 0 Å². The largest absolute Gasteiger partial charge is 0.454 e. The minimum absolute atomic E-state index is 0.0646. The van der Waals surface area contributed by atoms with Crippen LogP contribution in [0.5, 0.6) is 0 Å². The number of esters is 1. The molecule has 1 saturated heterocycles. The van der Waals surface area contributed by atoms with Gasteiger partial charge in [-0.3, -0.25) is 14.6 Å². The number of amidine groups is 1. The van der Waals surface area contributed by atoms with Crippen molar-refractivity contribution in [3.05, 3.63) is 35.9 Å². The molecule has 0 aliphatic carbocycles. The van der Waals surface area contributed by atoms with Crippen LogP contribution in [-0.2, 0) is 14.3 Å². The van der Waals surface area contributed by atoms with Crippen molar-refractivity contribution in [2.24, 2.45) is 22.6 Å². The lowest BCUT2D eigenvalue weighted by Crippen LogP contribution is -2.58. The van der Waals surface area contributed by atoms with E-state index in [1.165, 1.54) is 0 Å². The van der Waals surface area contributed by atoms with Crippen LogP contribution in [0.3, 0.4) is 0 Å². The molecule has 0 spiro atoms. The molecule has 1 aromatic carbocycles. The second-order valence-corrected chi connectivity index (χ2v) is 8.49. The van der Waals surface area contributed by atoms with E-state index in [9.17, 15) is 14.4 Å². The van der Waals surface area contributed by atoms with Crippen LogP contribution in [0.4, 0.5) is 0 Å². The van der Waals surface area contributed by atoms with Crippen molar-refractivity contribution in [2.75, 3.05) is 19.7 Å². The predicted molar refractivity (Wildman–Crippen MR) is 113 cm³/mol. The Morgan fingerprint density at radius 1 is 1.30 bits per heavy atom. The van der Waals surface area contributed by atoms with E-state index in [-0.39, 0.29) is 30.2 Å². The lowest BCUT2D eigenvalue weighted by molar-refractivity contribution is -0.129. The van der Waals surface area contributed by atoms with Crippen LogP contribution in [0, 0.1) is 11.8 Å². The highest BCUT2D eigenvalue weighted by molar-refractivity contribution is 6.01. The molecule has 0 unspecified atom stereocenters. The number of amides is 1. The number of rotatable bonds is 9. The molecule has 8 nitrogen and oxygen atoms in total. The number of ether oxygens (including phenoxy) is 1. The number of benzene rings is 1. The summed E-state index contributed by atoms with van der Waals surface area (Å²) >= 11 is 0. The maximum absolute atomic E-state index is 13.2. The van der Waals surface area contributed by atoms with E-state index < -0.39 is 18.1 Å². The van der Waals surface area contributed by atoms with E-state index in [4.69, 9.17) is 10.5 Å². The molecule has 30 heavy (non-hydrogen) atoms. The summed E-state index contributed by atoms with van der Waals surface area (Å²) in [5.74, 6) is -0.268. The zero-order chi connectivity index (χ0) is 21.7. The van der Waals surface area contributed by atoms with E-state index in [1.54, 1.807) is 30.3 Å². The fourth-order valence-corrected chi connectivity index (χ4v) is 3.95. The Hall–Kier alpha value is -2.74. The number of ketones is 1. The molecule has 8 heteroatoms. The molecular formula is C22H30N4O4. The summed E-state index contributed by atoms with van der Waals surface area (Å²) in [6, 6.07) is 8.20. The SMILES string of the molecule is CC(C)C[C@H](N)C1=NC[C@@](C[C@@H]2CCNC2=O)(C(=O)COC(=O)c2ccccc2)N1. The molecule has 162 valence electrons. The maximum atomic E-state index is 13.2. The number of aliphatic imine (C=N–C) groups is 1. The second kappa shape index (κ2) is 9.38. The Morgan fingerprint density at radius 3 is 2.67 bits per heavy atom. The number of carbonyl (C=O) groups excluding carboxylic acids is 3. The van der Waals surface area contributed by atoms with Crippen LogP contribution in [0.25, 0.3) is 0 Å². The van der Waals surface area contributed by atoms with Gasteiger partial charge in [-0.1, -0.05) is 32.0 Å². The average molecular weight is 415 g/mol. The lowest BCUT2D eigenvalue weighted by Gasteiger charge is -2.31. The smallest absolute Gasteiger partial charge is 0.338 e. The lowest BCUT2D eigenvalue weighted by atomic mass is 9.83. The fourth-order valence-electron chi connectivity index (χ4n) is 3.95. The molecule has 2 heterocycles. The Morgan fingerprint density at radius 2 is 2.03 bits per heavy atom. The van der Waals surface area contributed by atoms with Gasteiger partial charge in [-0.15, -0.1) is 0 Å². The third kappa shape index (κ3) is 5.05. The number of hydrogen-bond donors (Lipinski definition) is 3. The third-order valence-electron chi connectivity index (χ3n) is 5.60. The second-order valence-electron chi connectivity index (χ2n) is 8.49. The van der Waals surface area contributed by atoms with Crippen LogP contribution in [0.15, 0.2) is 35.3 Å². The number of hydrogen-bond acceptors (Lipinski definition) is 7. The highest BCUT2D eigenvalue weighted by Gasteiger charge is 2.47. The van der Waals surface area contributed by atoms with Crippen LogP contribution < -0.4 is 16.4 Å². The van der Waals surface area contributed by atoms with Gasteiger partial charge in [0.2, 0.25) is 5.91 Å². The van der Waals surface area contributed by atoms with Gasteiger partial charge >= 0.3 is 5.97 Å². The van der Waals surface area contributed by atoms with Crippen LogP contribution in [0.2, 0.25) is 0 Å². The van der Waals surface area contributed by atoms with Crippen molar-refractivity contribution < 1.29 is 19.1 Å². The Bertz CT molecular complexity index is 824. The van der Waals surface area contributed by atoms with Crippen LogP contribution in [-0.4, -0.2) is 54.8 Å². The van der Waals surface area contributed by atoms with Crippen molar-refractivity contribution >= 4 is 23.5 Å². The summed E-state index contributed by atoms with van der Waals surface area (Å²) in [7, 11) is 0. The molecule has 1 aromatic rings. The first-order valence-corrected chi connectivity index (χ1v) is 10.4. The first-order chi connectivity index (χ1) is 14.3. The Labute approximate surface area is 176 Å². The van der Waals surface area contributed by atoms with Crippen molar-refractivity contribution in [3.63, 3.8) is 0 Å². The molecule has 1 fully saturated rings. The number of Topliss-reactive ketones (excluding diaryl/α,β-unsaturated/α-hetero) is 1. The minimum Gasteiger partial charge on any atom is -0.454 e. The molecule has 4 N–H and O–H groups in total. The molecule has 0 aromatic heterocycles. The number of nitrogens with two attached hydrogens (primary N) is 1. The highest BCUT2D eigenvalue weighted by atomic mass is 16.5. The van der Waals surface area contributed by atoms with Gasteiger partial charge < -0.3 is 21.1 Å². The van der Waals surface area contributed by atoms with Crippen molar-refractivity contribution in [2.45, 2.75) is 44.7 Å². The number of nitrogens with zero attached hydrogens (tertiary/aromatic N) is 1. The van der Waals surface area contributed by atoms with E-state index >= 15 is 0 Å². The van der Waals surface area contributed by atoms with Crippen LogP contribution in [0.1, 0.15) is 43.5 Å². The maximum Gasteiger partial charge on any atom is 0.338 e. The van der Waals surface area contributed by atoms with Gasteiger partial charge in [-0.05, 0) is 37.3 Å². The number of carbonyl (C=O) groups is 3. The normalized spacial score (nSPS) is 24.2. The number of nitrogens with one attached hydrogen (secondary N) is 2. The van der Waals surface area contributed by atoms with Crippen LogP contribution >= 0.6 is 0 Å². The molecule has 2 aliphatic heterocycles. The van der Waals surface area contributed by atoms with E-state index in [1.807, 2.05) is 0 Å². The molecule has 2 aliphatic rings. The fraction of sp³-hybridized carbons (Fsp3) is 0.545. The van der Waals surface area contributed by atoms with Crippen molar-refractivity contribution in [1.29, 1.82) is 0 Å². The summed E-state index contributed by atoms with van der Waals surface area (Å²) in [5, 5.41) is 6.03. The van der Waals surface area contributed by atoms with Gasteiger partial charge in [0.1, 0.15) is 11.4 Å².